The molecule has 0 aromatic carbocycles. The van der Waals surface area contributed by atoms with Crippen LogP contribution in [0.25, 0.3) is 0 Å². The molecule has 6 heteroatoms. The number of esters is 1. The summed E-state index contributed by atoms with van der Waals surface area (Å²) in [6.07, 6.45) is -0.443. The van der Waals surface area contributed by atoms with Crippen LogP contribution in [0, 0.1) is 5.41 Å². The maximum Gasteiger partial charge on any atom is 0.410 e. The van der Waals surface area contributed by atoms with Crippen LogP contribution in [0.3, 0.4) is 0 Å². The predicted molar refractivity (Wildman–Crippen MR) is 77.3 cm³/mol. The summed E-state index contributed by atoms with van der Waals surface area (Å²) in [6.45, 7) is 11.2. The number of carbonyl (C=O) groups is 2. The summed E-state index contributed by atoms with van der Waals surface area (Å²) in [5.74, 6) is -0.489. The predicted octanol–water partition coefficient (Wildman–Crippen LogP) is 1.77. The maximum atomic E-state index is 12.1. The van der Waals surface area contributed by atoms with Gasteiger partial charge < -0.3 is 20.1 Å². The highest BCUT2D eigenvalue weighted by Crippen LogP contribution is 2.25. The van der Waals surface area contributed by atoms with Gasteiger partial charge in [0.1, 0.15) is 12.2 Å². The van der Waals surface area contributed by atoms with Crippen molar-refractivity contribution in [3.05, 3.63) is 0 Å². The Bertz CT molecular complexity index is 342. The van der Waals surface area contributed by atoms with E-state index < -0.39 is 17.7 Å². The van der Waals surface area contributed by atoms with E-state index in [1.54, 1.807) is 27.8 Å². The van der Waals surface area contributed by atoms with Crippen molar-refractivity contribution in [3.8, 4) is 0 Å². The molecular formula is C14H28N2O4. The molecule has 2 N–H and O–H groups in total. The van der Waals surface area contributed by atoms with Crippen molar-refractivity contribution in [3.63, 3.8) is 0 Å². The molecule has 0 aromatic rings. The highest BCUT2D eigenvalue weighted by atomic mass is 16.6. The van der Waals surface area contributed by atoms with Gasteiger partial charge >= 0.3 is 12.1 Å². The molecule has 0 radical (unpaired) electrons. The van der Waals surface area contributed by atoms with E-state index in [-0.39, 0.29) is 24.6 Å². The first-order chi connectivity index (χ1) is 8.88. The Morgan fingerprint density at radius 2 is 1.65 bits per heavy atom. The number of nitrogens with two attached hydrogens (primary N) is 1. The lowest BCUT2D eigenvalue weighted by Gasteiger charge is -2.38. The molecule has 0 bridgehead atoms. The number of hydrogen-bond acceptors (Lipinski definition) is 5. The zero-order chi connectivity index (χ0) is 16.1. The van der Waals surface area contributed by atoms with Crippen LogP contribution in [-0.4, -0.2) is 48.8 Å². The lowest BCUT2D eigenvalue weighted by molar-refractivity contribution is -0.144. The Labute approximate surface area is 121 Å². The second kappa shape index (κ2) is 6.92. The average molecular weight is 288 g/mol. The molecule has 1 amide bonds. The van der Waals surface area contributed by atoms with Gasteiger partial charge in [-0.1, -0.05) is 20.8 Å². The molecule has 0 aliphatic rings. The fourth-order valence-corrected chi connectivity index (χ4v) is 1.63. The van der Waals surface area contributed by atoms with E-state index in [0.717, 1.165) is 0 Å². The third-order valence-corrected chi connectivity index (χ3v) is 2.72. The van der Waals surface area contributed by atoms with Gasteiger partial charge in [0.25, 0.3) is 0 Å². The number of ether oxygens (including phenoxy) is 2. The van der Waals surface area contributed by atoms with E-state index in [1.807, 2.05) is 20.8 Å². The van der Waals surface area contributed by atoms with Gasteiger partial charge in [-0.2, -0.15) is 0 Å². The zero-order valence-electron chi connectivity index (χ0n) is 13.6. The van der Waals surface area contributed by atoms with E-state index in [4.69, 9.17) is 15.2 Å². The largest absolute Gasteiger partial charge is 0.463 e. The monoisotopic (exact) mass is 288 g/mol. The Balaban J connectivity index is 4.86. The highest BCUT2D eigenvalue weighted by molar-refractivity contribution is 5.71. The maximum absolute atomic E-state index is 12.1. The van der Waals surface area contributed by atoms with Gasteiger partial charge in [-0.25, -0.2) is 4.79 Å². The Hall–Kier alpha value is -1.30. The van der Waals surface area contributed by atoms with Crippen LogP contribution in [0.4, 0.5) is 4.79 Å². The van der Waals surface area contributed by atoms with Gasteiger partial charge in [0.15, 0.2) is 0 Å². The van der Waals surface area contributed by atoms with Crippen LogP contribution < -0.4 is 5.73 Å². The molecule has 0 fully saturated rings. The minimum atomic E-state index is -0.568. The SMILES string of the molecule is CN(C(=O)OC(C)(C)C)C(COC(=O)CN)C(C)(C)C. The molecule has 0 saturated carbocycles. The first-order valence-electron chi connectivity index (χ1n) is 6.70. The molecule has 1 unspecified atom stereocenters. The second-order valence-corrected chi connectivity index (χ2v) is 6.86. The normalized spacial score (nSPS) is 13.6. The number of rotatable bonds is 4. The summed E-state index contributed by atoms with van der Waals surface area (Å²) < 4.78 is 10.4. The number of hydrogen-bond donors (Lipinski definition) is 1. The van der Waals surface area contributed by atoms with Crippen LogP contribution in [-0.2, 0) is 14.3 Å². The molecular weight excluding hydrogens is 260 g/mol. The molecule has 1 atom stereocenters. The Kier molecular flexibility index (Phi) is 6.47. The smallest absolute Gasteiger partial charge is 0.410 e. The average Bonchev–Trinajstić information content (AvgIpc) is 2.24. The summed E-state index contributed by atoms with van der Waals surface area (Å²) in [6, 6.07) is -0.298. The summed E-state index contributed by atoms with van der Waals surface area (Å²) in [4.78, 5) is 24.7. The lowest BCUT2D eigenvalue weighted by Crippen LogP contribution is -2.49. The summed E-state index contributed by atoms with van der Waals surface area (Å²) in [5, 5.41) is 0. The van der Waals surface area contributed by atoms with E-state index in [2.05, 4.69) is 0 Å². The molecule has 118 valence electrons. The molecule has 0 rings (SSSR count). The van der Waals surface area contributed by atoms with Gasteiger partial charge in [0.05, 0.1) is 12.6 Å². The minimum Gasteiger partial charge on any atom is -0.463 e. The molecule has 0 aliphatic carbocycles. The molecule has 0 aliphatic heterocycles. The molecule has 6 nitrogen and oxygen atoms in total. The Morgan fingerprint density at radius 3 is 2.00 bits per heavy atom. The first kappa shape index (κ1) is 18.7. The third-order valence-electron chi connectivity index (χ3n) is 2.72. The standard InChI is InChI=1S/C14H28N2O4/c1-13(2,3)10(9-19-11(17)8-15)16(7)12(18)20-14(4,5)6/h10H,8-9,15H2,1-7H3. The van der Waals surface area contributed by atoms with Crippen molar-refractivity contribution in [2.75, 3.05) is 20.2 Å². The molecule has 0 spiro atoms. The molecule has 0 saturated heterocycles. The van der Waals surface area contributed by atoms with Gasteiger partial charge in [-0.15, -0.1) is 0 Å². The fourth-order valence-electron chi connectivity index (χ4n) is 1.63. The fraction of sp³-hybridized carbons (Fsp3) is 0.857. The van der Waals surface area contributed by atoms with Crippen LogP contribution in [0.2, 0.25) is 0 Å². The van der Waals surface area contributed by atoms with Crippen molar-refractivity contribution < 1.29 is 19.1 Å². The van der Waals surface area contributed by atoms with E-state index >= 15 is 0 Å². The first-order valence-corrected chi connectivity index (χ1v) is 6.70. The lowest BCUT2D eigenvalue weighted by atomic mass is 9.86. The van der Waals surface area contributed by atoms with Gasteiger partial charge in [-0.3, -0.25) is 4.79 Å². The Morgan fingerprint density at radius 1 is 1.15 bits per heavy atom. The van der Waals surface area contributed by atoms with Crippen molar-refractivity contribution in [2.45, 2.75) is 53.2 Å². The van der Waals surface area contributed by atoms with Crippen LogP contribution in [0.15, 0.2) is 0 Å². The van der Waals surface area contributed by atoms with E-state index in [9.17, 15) is 9.59 Å². The number of carbonyl (C=O) groups excluding carboxylic acids is 2. The van der Waals surface area contributed by atoms with Crippen LogP contribution in [0.5, 0.6) is 0 Å². The number of likely N-dealkylation sites (N-methyl/N-ethyl adjacent to an activating group) is 1. The van der Waals surface area contributed by atoms with Crippen molar-refractivity contribution in [1.82, 2.24) is 4.90 Å². The quantitative estimate of drug-likeness (QED) is 0.797. The summed E-state index contributed by atoms with van der Waals surface area (Å²) >= 11 is 0. The van der Waals surface area contributed by atoms with Crippen molar-refractivity contribution in [1.29, 1.82) is 0 Å². The van der Waals surface area contributed by atoms with Crippen LogP contribution in [0.1, 0.15) is 41.5 Å². The van der Waals surface area contributed by atoms with Crippen molar-refractivity contribution in [2.24, 2.45) is 11.1 Å². The van der Waals surface area contributed by atoms with E-state index in [0.29, 0.717) is 0 Å². The molecule has 20 heavy (non-hydrogen) atoms. The molecule has 0 aromatic heterocycles. The van der Waals surface area contributed by atoms with Gasteiger partial charge in [0.2, 0.25) is 0 Å². The minimum absolute atomic E-state index is 0.0925. The third kappa shape index (κ3) is 6.75. The highest BCUT2D eigenvalue weighted by Gasteiger charge is 2.34. The summed E-state index contributed by atoms with van der Waals surface area (Å²) in [7, 11) is 1.64. The number of amides is 1. The second-order valence-electron chi connectivity index (χ2n) is 6.86. The van der Waals surface area contributed by atoms with E-state index in [1.165, 1.54) is 4.90 Å². The zero-order valence-corrected chi connectivity index (χ0v) is 13.6. The molecule has 0 heterocycles. The van der Waals surface area contributed by atoms with Gasteiger partial charge in [0, 0.05) is 7.05 Å². The topological polar surface area (TPSA) is 81.9 Å². The summed E-state index contributed by atoms with van der Waals surface area (Å²) in [5.41, 5.74) is 4.38. The van der Waals surface area contributed by atoms with Crippen LogP contribution >= 0.6 is 0 Å². The van der Waals surface area contributed by atoms with Gasteiger partial charge in [-0.05, 0) is 26.2 Å². The van der Waals surface area contributed by atoms with Crippen molar-refractivity contribution >= 4 is 12.1 Å². The number of nitrogens with zero attached hydrogens (tertiary/aromatic N) is 1.